The molecule has 1 unspecified atom stereocenters. The first kappa shape index (κ1) is 18.1. The third-order valence-electron chi connectivity index (χ3n) is 2.79. The van der Waals surface area contributed by atoms with Crippen LogP contribution in [-0.2, 0) is 24.4 Å². The second-order valence-electron chi connectivity index (χ2n) is 4.24. The van der Waals surface area contributed by atoms with Gasteiger partial charge in [0.15, 0.2) is 4.93 Å². The first-order valence-electron chi connectivity index (χ1n) is 6.17. The van der Waals surface area contributed by atoms with Crippen LogP contribution in [0.3, 0.4) is 0 Å². The van der Waals surface area contributed by atoms with Gasteiger partial charge < -0.3 is 9.47 Å². The number of ether oxygens (including phenoxy) is 2. The Balaban J connectivity index is 3.80. The van der Waals surface area contributed by atoms with E-state index in [-0.39, 0.29) is 13.0 Å². The van der Waals surface area contributed by atoms with Gasteiger partial charge in [-0.05, 0) is 32.6 Å². The molecule has 0 aromatic carbocycles. The van der Waals surface area contributed by atoms with E-state index >= 15 is 0 Å². The summed E-state index contributed by atoms with van der Waals surface area (Å²) in [4.78, 5) is 9.17. The van der Waals surface area contributed by atoms with E-state index < -0.39 is 21.0 Å². The van der Waals surface area contributed by atoms with E-state index in [0.29, 0.717) is 19.4 Å². The third kappa shape index (κ3) is 6.70. The monoisotopic (exact) mass is 294 g/mol. The van der Waals surface area contributed by atoms with Gasteiger partial charge in [0.25, 0.3) is 10.1 Å². The molecule has 19 heavy (non-hydrogen) atoms. The molecule has 1 N–H and O–H groups in total. The van der Waals surface area contributed by atoms with Crippen molar-refractivity contribution in [2.45, 2.75) is 44.5 Å². The Hall–Kier alpha value is -0.920. The average Bonchev–Trinajstić information content (AvgIpc) is 2.35. The van der Waals surface area contributed by atoms with Crippen LogP contribution in [0.5, 0.6) is 0 Å². The molecular formula is C12H22O6S. The SMILES string of the molecule is C=CC(=O)OCCCCCOC(C)(CC)S(=O)(=O)O. The van der Waals surface area contributed by atoms with Gasteiger partial charge >= 0.3 is 5.97 Å². The molecule has 6 nitrogen and oxygen atoms in total. The van der Waals surface area contributed by atoms with Gasteiger partial charge in [0.05, 0.1) is 6.61 Å². The lowest BCUT2D eigenvalue weighted by atomic mass is 10.2. The Kier molecular flexibility index (Phi) is 7.89. The molecule has 0 heterocycles. The fourth-order valence-electron chi connectivity index (χ4n) is 1.26. The standard InChI is InChI=1S/C12H22O6S/c1-4-11(13)17-9-7-6-8-10-18-12(3,5-2)19(14,15)16/h4H,1,5-10H2,2-3H3,(H,14,15,16). The second-order valence-corrected chi connectivity index (χ2v) is 6.06. The molecule has 1 atom stereocenters. The van der Waals surface area contributed by atoms with Crippen LogP contribution in [0.25, 0.3) is 0 Å². The number of carbonyl (C=O) groups is 1. The van der Waals surface area contributed by atoms with E-state index in [2.05, 4.69) is 6.58 Å². The van der Waals surface area contributed by atoms with E-state index in [1.807, 2.05) is 0 Å². The van der Waals surface area contributed by atoms with E-state index in [9.17, 15) is 13.2 Å². The van der Waals surface area contributed by atoms with Gasteiger partial charge in [0, 0.05) is 12.7 Å². The normalized spacial score (nSPS) is 14.7. The first-order chi connectivity index (χ1) is 8.77. The summed E-state index contributed by atoms with van der Waals surface area (Å²) in [5.41, 5.74) is 0. The summed E-state index contributed by atoms with van der Waals surface area (Å²) in [5, 5.41) is 0. The molecule has 0 aromatic heterocycles. The third-order valence-corrected chi connectivity index (χ3v) is 4.29. The highest BCUT2D eigenvalue weighted by molar-refractivity contribution is 7.87. The summed E-state index contributed by atoms with van der Waals surface area (Å²) in [6.07, 6.45) is 3.29. The predicted octanol–water partition coefficient (Wildman–Crippen LogP) is 1.92. The van der Waals surface area contributed by atoms with Crippen molar-refractivity contribution in [2.24, 2.45) is 0 Å². The Bertz CT molecular complexity index is 389. The molecular weight excluding hydrogens is 272 g/mol. The molecule has 0 radical (unpaired) electrons. The molecule has 0 aromatic rings. The minimum Gasteiger partial charge on any atom is -0.463 e. The van der Waals surface area contributed by atoms with Crippen LogP contribution in [0.1, 0.15) is 39.5 Å². The minimum absolute atomic E-state index is 0.169. The van der Waals surface area contributed by atoms with Crippen molar-refractivity contribution >= 4 is 16.1 Å². The van der Waals surface area contributed by atoms with Crippen LogP contribution in [-0.4, -0.2) is 37.1 Å². The molecule has 0 aliphatic heterocycles. The lowest BCUT2D eigenvalue weighted by Gasteiger charge is -2.24. The fourth-order valence-corrected chi connectivity index (χ4v) is 1.86. The summed E-state index contributed by atoms with van der Waals surface area (Å²) in [7, 11) is -4.23. The smallest absolute Gasteiger partial charge is 0.330 e. The van der Waals surface area contributed by atoms with Gasteiger partial charge in [-0.3, -0.25) is 4.55 Å². The average molecular weight is 294 g/mol. The largest absolute Gasteiger partial charge is 0.463 e. The van der Waals surface area contributed by atoms with E-state index in [1.165, 1.54) is 6.92 Å². The van der Waals surface area contributed by atoms with Crippen LogP contribution in [0, 0.1) is 0 Å². The molecule has 0 fully saturated rings. The summed E-state index contributed by atoms with van der Waals surface area (Å²) in [6, 6.07) is 0. The van der Waals surface area contributed by atoms with Crippen LogP contribution in [0.4, 0.5) is 0 Å². The van der Waals surface area contributed by atoms with Crippen molar-refractivity contribution < 1.29 is 27.2 Å². The Morgan fingerprint density at radius 2 is 1.89 bits per heavy atom. The molecule has 0 rings (SSSR count). The van der Waals surface area contributed by atoms with Gasteiger partial charge in [0.2, 0.25) is 0 Å². The van der Waals surface area contributed by atoms with Crippen molar-refractivity contribution in [1.82, 2.24) is 0 Å². The van der Waals surface area contributed by atoms with Crippen molar-refractivity contribution in [3.63, 3.8) is 0 Å². The fraction of sp³-hybridized carbons (Fsp3) is 0.750. The van der Waals surface area contributed by atoms with Crippen molar-refractivity contribution in [1.29, 1.82) is 0 Å². The van der Waals surface area contributed by atoms with Gasteiger partial charge in [-0.2, -0.15) is 8.42 Å². The van der Waals surface area contributed by atoms with E-state index in [1.54, 1.807) is 6.92 Å². The molecule has 0 aliphatic rings. The summed E-state index contributed by atoms with van der Waals surface area (Å²) in [5.74, 6) is -0.457. The molecule has 112 valence electrons. The zero-order valence-corrected chi connectivity index (χ0v) is 12.2. The molecule has 7 heteroatoms. The van der Waals surface area contributed by atoms with Crippen LogP contribution in [0.2, 0.25) is 0 Å². The number of rotatable bonds is 10. The quantitative estimate of drug-likeness (QED) is 0.286. The Morgan fingerprint density at radius 3 is 2.37 bits per heavy atom. The molecule has 0 saturated carbocycles. The first-order valence-corrected chi connectivity index (χ1v) is 7.61. The zero-order valence-electron chi connectivity index (χ0n) is 11.4. The molecule has 0 aliphatic carbocycles. The predicted molar refractivity (Wildman–Crippen MR) is 71.2 cm³/mol. The number of carbonyl (C=O) groups excluding carboxylic acids is 1. The second kappa shape index (κ2) is 8.29. The topological polar surface area (TPSA) is 89.9 Å². The summed E-state index contributed by atoms with van der Waals surface area (Å²) in [6.45, 7) is 6.76. The highest BCUT2D eigenvalue weighted by atomic mass is 32.2. The minimum atomic E-state index is -4.23. The van der Waals surface area contributed by atoms with Crippen LogP contribution >= 0.6 is 0 Å². The van der Waals surface area contributed by atoms with Crippen LogP contribution in [0.15, 0.2) is 12.7 Å². The number of hydrogen-bond acceptors (Lipinski definition) is 5. The Labute approximate surface area is 114 Å². The lowest BCUT2D eigenvalue weighted by molar-refractivity contribution is -0.137. The Morgan fingerprint density at radius 1 is 1.32 bits per heavy atom. The van der Waals surface area contributed by atoms with Gasteiger partial charge in [-0.15, -0.1) is 0 Å². The summed E-state index contributed by atoms with van der Waals surface area (Å²) < 4.78 is 41.3. The maximum atomic E-state index is 11.1. The maximum Gasteiger partial charge on any atom is 0.330 e. The number of unbranched alkanes of at least 4 members (excludes halogenated alkanes) is 2. The highest BCUT2D eigenvalue weighted by Crippen LogP contribution is 2.22. The number of esters is 1. The molecule has 0 amide bonds. The van der Waals surface area contributed by atoms with E-state index in [4.69, 9.17) is 14.0 Å². The maximum absolute atomic E-state index is 11.1. The van der Waals surface area contributed by atoms with Crippen molar-refractivity contribution in [2.75, 3.05) is 13.2 Å². The number of hydrogen-bond donors (Lipinski definition) is 1. The zero-order chi connectivity index (χ0) is 14.9. The molecule has 0 bridgehead atoms. The van der Waals surface area contributed by atoms with E-state index in [0.717, 1.165) is 12.5 Å². The van der Waals surface area contributed by atoms with Crippen molar-refractivity contribution in [3.05, 3.63) is 12.7 Å². The summed E-state index contributed by atoms with van der Waals surface area (Å²) >= 11 is 0. The van der Waals surface area contributed by atoms with Gasteiger partial charge in [-0.25, -0.2) is 4.79 Å². The molecule has 0 spiro atoms. The van der Waals surface area contributed by atoms with Crippen LogP contribution < -0.4 is 0 Å². The lowest BCUT2D eigenvalue weighted by Crippen LogP contribution is -2.37. The van der Waals surface area contributed by atoms with Gasteiger partial charge in [0.1, 0.15) is 0 Å². The van der Waals surface area contributed by atoms with Gasteiger partial charge in [-0.1, -0.05) is 13.5 Å². The molecule has 0 saturated heterocycles. The van der Waals surface area contributed by atoms with Crippen molar-refractivity contribution in [3.8, 4) is 0 Å². The highest BCUT2D eigenvalue weighted by Gasteiger charge is 2.36.